The van der Waals surface area contributed by atoms with Crippen LogP contribution in [0, 0.1) is 5.82 Å². The van der Waals surface area contributed by atoms with Crippen LogP contribution in [0.4, 0.5) is 16.2 Å². The first kappa shape index (κ1) is 19.2. The number of piperidine rings is 2. The van der Waals surface area contributed by atoms with Crippen molar-refractivity contribution in [1.29, 1.82) is 0 Å². The number of hydrogen-bond donors (Lipinski definition) is 1. The molecule has 0 spiro atoms. The Morgan fingerprint density at radius 3 is 2.56 bits per heavy atom. The Kier molecular flexibility index (Phi) is 5.71. The molecule has 0 unspecified atom stereocenters. The molecule has 1 N–H and O–H groups in total. The lowest BCUT2D eigenvalue weighted by Gasteiger charge is -2.31. The van der Waals surface area contributed by atoms with Gasteiger partial charge in [-0.3, -0.25) is 0 Å². The van der Waals surface area contributed by atoms with Gasteiger partial charge in [0.25, 0.3) is 0 Å². The van der Waals surface area contributed by atoms with Crippen molar-refractivity contribution in [3.63, 3.8) is 0 Å². The summed E-state index contributed by atoms with van der Waals surface area (Å²) < 4.78 is 15.2. The van der Waals surface area contributed by atoms with Gasteiger partial charge in [0.1, 0.15) is 11.3 Å². The minimum Gasteiger partial charge on any atom is -0.356 e. The van der Waals surface area contributed by atoms with Crippen molar-refractivity contribution in [2.75, 3.05) is 43.4 Å². The van der Waals surface area contributed by atoms with Crippen LogP contribution in [-0.2, 0) is 0 Å². The van der Waals surface area contributed by atoms with Crippen LogP contribution in [0.5, 0.6) is 0 Å². The van der Waals surface area contributed by atoms with E-state index in [1.54, 1.807) is 6.07 Å². The standard InChI is InChI=1S/C19H24BrClFN5/c1-26-9-5-12(6-10-26)23-19-24-17-13(11-14(21)15(20)16(17)22)18(25-19)27-7-3-2-4-8-27/h11-12H,2-10H2,1H3,(H,23,24,25). The largest absolute Gasteiger partial charge is 0.356 e. The van der Waals surface area contributed by atoms with Gasteiger partial charge in [-0.1, -0.05) is 11.6 Å². The van der Waals surface area contributed by atoms with Crippen molar-refractivity contribution < 1.29 is 4.39 Å². The first-order valence-corrected chi connectivity index (χ1v) is 10.8. The summed E-state index contributed by atoms with van der Waals surface area (Å²) in [6.45, 7) is 3.93. The maximum atomic E-state index is 14.9. The van der Waals surface area contributed by atoms with Gasteiger partial charge in [-0.15, -0.1) is 0 Å². The van der Waals surface area contributed by atoms with Gasteiger partial charge in [0, 0.05) is 24.5 Å². The molecule has 4 rings (SSSR count). The molecule has 1 aromatic heterocycles. The van der Waals surface area contributed by atoms with Gasteiger partial charge in [-0.25, -0.2) is 9.37 Å². The van der Waals surface area contributed by atoms with E-state index >= 15 is 0 Å². The van der Waals surface area contributed by atoms with Crippen LogP contribution < -0.4 is 10.2 Å². The summed E-state index contributed by atoms with van der Waals surface area (Å²) in [5.41, 5.74) is 0.317. The van der Waals surface area contributed by atoms with Crippen LogP contribution in [0.25, 0.3) is 10.9 Å². The Balaban J connectivity index is 1.75. The van der Waals surface area contributed by atoms with Gasteiger partial charge in [-0.2, -0.15) is 4.98 Å². The van der Waals surface area contributed by atoms with Crippen molar-refractivity contribution in [1.82, 2.24) is 14.9 Å². The van der Waals surface area contributed by atoms with E-state index < -0.39 is 5.82 Å². The highest BCUT2D eigenvalue weighted by Gasteiger charge is 2.23. The number of halogens is 3. The molecular formula is C19H24BrClFN5. The zero-order valence-corrected chi connectivity index (χ0v) is 17.8. The summed E-state index contributed by atoms with van der Waals surface area (Å²) >= 11 is 9.48. The normalized spacial score (nSPS) is 19.6. The average Bonchev–Trinajstić information content (AvgIpc) is 2.69. The van der Waals surface area contributed by atoms with Gasteiger partial charge in [0.05, 0.1) is 9.50 Å². The van der Waals surface area contributed by atoms with E-state index in [-0.39, 0.29) is 4.47 Å². The summed E-state index contributed by atoms with van der Waals surface area (Å²) in [5.74, 6) is 0.860. The Bertz CT molecular complexity index is 835. The van der Waals surface area contributed by atoms with Crippen LogP contribution in [0.3, 0.4) is 0 Å². The second-order valence-corrected chi connectivity index (χ2v) is 8.72. The van der Waals surface area contributed by atoms with Crippen molar-refractivity contribution in [3.05, 3.63) is 21.4 Å². The van der Waals surface area contributed by atoms with Crippen LogP contribution in [0.1, 0.15) is 32.1 Å². The van der Waals surface area contributed by atoms with E-state index in [0.29, 0.717) is 27.9 Å². The summed E-state index contributed by atoms with van der Waals surface area (Å²) in [6, 6.07) is 2.08. The molecule has 3 heterocycles. The molecule has 0 atom stereocenters. The van der Waals surface area contributed by atoms with Crippen LogP contribution >= 0.6 is 27.5 Å². The molecule has 2 aliphatic rings. The van der Waals surface area contributed by atoms with Crippen LogP contribution in [0.2, 0.25) is 5.02 Å². The molecular weight excluding hydrogens is 433 g/mol. The van der Waals surface area contributed by atoms with Gasteiger partial charge >= 0.3 is 0 Å². The highest BCUT2D eigenvalue weighted by molar-refractivity contribution is 9.10. The fraction of sp³-hybridized carbons (Fsp3) is 0.579. The van der Waals surface area contributed by atoms with Gasteiger partial charge in [0.15, 0.2) is 5.82 Å². The molecule has 2 saturated heterocycles. The molecule has 0 saturated carbocycles. The summed E-state index contributed by atoms with van der Waals surface area (Å²) in [7, 11) is 2.13. The first-order valence-electron chi connectivity index (χ1n) is 9.58. The van der Waals surface area contributed by atoms with Crippen molar-refractivity contribution >= 4 is 50.2 Å². The predicted molar refractivity (Wildman–Crippen MR) is 112 cm³/mol. The van der Waals surface area contributed by atoms with E-state index in [1.807, 2.05) is 0 Å². The first-order chi connectivity index (χ1) is 13.0. The number of benzene rings is 1. The third-order valence-corrected chi connectivity index (χ3v) is 6.82. The molecule has 8 heteroatoms. The fourth-order valence-electron chi connectivity index (χ4n) is 3.90. The third kappa shape index (κ3) is 4.00. The predicted octanol–water partition coefficient (Wildman–Crippen LogP) is 4.68. The van der Waals surface area contributed by atoms with Gasteiger partial charge < -0.3 is 15.1 Å². The topological polar surface area (TPSA) is 44.3 Å². The number of hydrogen-bond acceptors (Lipinski definition) is 5. The summed E-state index contributed by atoms with van der Waals surface area (Å²) in [5, 5.41) is 4.47. The molecule has 146 valence electrons. The van der Waals surface area contributed by atoms with Gasteiger partial charge in [-0.05, 0) is 74.2 Å². The highest BCUT2D eigenvalue weighted by atomic mass is 79.9. The molecule has 2 fully saturated rings. The molecule has 2 aromatic rings. The van der Waals surface area contributed by atoms with Crippen LogP contribution in [-0.4, -0.2) is 54.1 Å². The van der Waals surface area contributed by atoms with E-state index in [2.05, 4.69) is 43.1 Å². The zero-order chi connectivity index (χ0) is 19.0. The molecule has 27 heavy (non-hydrogen) atoms. The Hall–Kier alpha value is -1.18. The number of anilines is 2. The van der Waals surface area contributed by atoms with Crippen molar-refractivity contribution in [2.45, 2.75) is 38.1 Å². The maximum absolute atomic E-state index is 14.9. The number of fused-ring (bicyclic) bond motifs is 1. The lowest BCUT2D eigenvalue weighted by Crippen LogP contribution is -2.37. The fourth-order valence-corrected chi connectivity index (χ4v) is 4.40. The monoisotopic (exact) mass is 455 g/mol. The van der Waals surface area contributed by atoms with E-state index in [9.17, 15) is 4.39 Å². The average molecular weight is 457 g/mol. The Morgan fingerprint density at radius 2 is 1.85 bits per heavy atom. The molecule has 0 aliphatic carbocycles. The van der Waals surface area contributed by atoms with E-state index in [1.165, 1.54) is 6.42 Å². The molecule has 1 aromatic carbocycles. The lowest BCUT2D eigenvalue weighted by atomic mass is 10.1. The van der Waals surface area contributed by atoms with E-state index in [0.717, 1.165) is 57.7 Å². The number of rotatable bonds is 3. The van der Waals surface area contributed by atoms with E-state index in [4.69, 9.17) is 16.6 Å². The van der Waals surface area contributed by atoms with Crippen LogP contribution in [0.15, 0.2) is 10.5 Å². The summed E-state index contributed by atoms with van der Waals surface area (Å²) in [4.78, 5) is 13.9. The second-order valence-electron chi connectivity index (χ2n) is 7.52. The SMILES string of the molecule is CN1CCC(Nc2nc(N3CCCCC3)c3cc(Cl)c(Br)c(F)c3n2)CC1. The number of likely N-dealkylation sites (tertiary alicyclic amines) is 1. The molecule has 0 bridgehead atoms. The van der Waals surface area contributed by atoms with Crippen molar-refractivity contribution in [2.24, 2.45) is 0 Å². The summed E-state index contributed by atoms with van der Waals surface area (Å²) in [6.07, 6.45) is 5.53. The second kappa shape index (κ2) is 8.05. The number of aromatic nitrogens is 2. The molecule has 2 aliphatic heterocycles. The Labute approximate surface area is 172 Å². The minimum absolute atomic E-state index is 0.255. The molecule has 0 radical (unpaired) electrons. The highest BCUT2D eigenvalue weighted by Crippen LogP contribution is 2.36. The zero-order valence-electron chi connectivity index (χ0n) is 15.4. The third-order valence-electron chi connectivity index (χ3n) is 5.51. The lowest BCUT2D eigenvalue weighted by molar-refractivity contribution is 0.263. The Morgan fingerprint density at radius 1 is 1.15 bits per heavy atom. The molecule has 5 nitrogen and oxygen atoms in total. The maximum Gasteiger partial charge on any atom is 0.225 e. The quantitative estimate of drug-likeness (QED) is 0.679. The minimum atomic E-state index is -0.426. The smallest absolute Gasteiger partial charge is 0.225 e. The number of nitrogens with one attached hydrogen (secondary N) is 1. The van der Waals surface area contributed by atoms with Gasteiger partial charge in [0.2, 0.25) is 5.95 Å². The number of nitrogens with zero attached hydrogens (tertiary/aromatic N) is 4. The van der Waals surface area contributed by atoms with Crippen molar-refractivity contribution in [3.8, 4) is 0 Å². The molecule has 0 amide bonds.